The standard InChI is InChI=1S/C13H8BrClN2S/c14-9-3-1-2-4-10(9)16-13-17-11-7-8(15)5-6-12(11)18-13/h1-7H,(H,16,17). The molecule has 0 aliphatic heterocycles. The lowest BCUT2D eigenvalue weighted by atomic mass is 10.3. The molecule has 0 radical (unpaired) electrons. The van der Waals surface area contributed by atoms with E-state index in [4.69, 9.17) is 11.6 Å². The zero-order valence-electron chi connectivity index (χ0n) is 9.15. The molecule has 0 saturated heterocycles. The average molecular weight is 340 g/mol. The van der Waals surface area contributed by atoms with Crippen LogP contribution in [0.2, 0.25) is 5.02 Å². The van der Waals surface area contributed by atoms with Gasteiger partial charge in [-0.15, -0.1) is 0 Å². The van der Waals surface area contributed by atoms with Gasteiger partial charge in [0.25, 0.3) is 0 Å². The summed E-state index contributed by atoms with van der Waals surface area (Å²) in [6.07, 6.45) is 0. The van der Waals surface area contributed by atoms with Crippen molar-refractivity contribution in [1.29, 1.82) is 0 Å². The second-order valence-electron chi connectivity index (χ2n) is 3.74. The number of anilines is 2. The fourth-order valence-electron chi connectivity index (χ4n) is 1.63. The van der Waals surface area contributed by atoms with Gasteiger partial charge in [-0.25, -0.2) is 4.98 Å². The molecule has 1 heterocycles. The summed E-state index contributed by atoms with van der Waals surface area (Å²) in [6, 6.07) is 13.7. The van der Waals surface area contributed by atoms with E-state index < -0.39 is 0 Å². The summed E-state index contributed by atoms with van der Waals surface area (Å²) < 4.78 is 2.14. The maximum Gasteiger partial charge on any atom is 0.188 e. The van der Waals surface area contributed by atoms with Gasteiger partial charge in [0.15, 0.2) is 5.13 Å². The first-order valence-corrected chi connectivity index (χ1v) is 7.29. The van der Waals surface area contributed by atoms with Crippen LogP contribution >= 0.6 is 38.9 Å². The molecular weight excluding hydrogens is 332 g/mol. The Morgan fingerprint density at radius 3 is 2.83 bits per heavy atom. The van der Waals surface area contributed by atoms with Gasteiger partial charge in [-0.2, -0.15) is 0 Å². The molecule has 2 aromatic carbocycles. The zero-order chi connectivity index (χ0) is 12.5. The quantitative estimate of drug-likeness (QED) is 0.671. The molecule has 0 saturated carbocycles. The third-order valence-electron chi connectivity index (χ3n) is 2.47. The maximum absolute atomic E-state index is 5.95. The molecule has 2 nitrogen and oxygen atoms in total. The molecule has 0 amide bonds. The predicted octanol–water partition coefficient (Wildman–Crippen LogP) is 5.46. The van der Waals surface area contributed by atoms with Crippen LogP contribution in [0.3, 0.4) is 0 Å². The van der Waals surface area contributed by atoms with Crippen LogP contribution in [0.15, 0.2) is 46.9 Å². The first-order chi connectivity index (χ1) is 8.72. The summed E-state index contributed by atoms with van der Waals surface area (Å²) in [5.41, 5.74) is 1.92. The normalized spacial score (nSPS) is 10.8. The summed E-state index contributed by atoms with van der Waals surface area (Å²) in [5.74, 6) is 0. The highest BCUT2D eigenvalue weighted by Gasteiger charge is 2.06. The summed E-state index contributed by atoms with van der Waals surface area (Å²) in [6.45, 7) is 0. The SMILES string of the molecule is Clc1ccc2sc(Nc3ccccc3Br)nc2c1. The molecule has 0 atom stereocenters. The van der Waals surface area contributed by atoms with E-state index >= 15 is 0 Å². The van der Waals surface area contributed by atoms with Gasteiger partial charge in [0.1, 0.15) is 0 Å². The van der Waals surface area contributed by atoms with E-state index in [1.54, 1.807) is 11.3 Å². The number of nitrogens with zero attached hydrogens (tertiary/aromatic N) is 1. The molecule has 0 spiro atoms. The number of hydrogen-bond acceptors (Lipinski definition) is 3. The molecule has 3 rings (SSSR count). The van der Waals surface area contributed by atoms with Crippen molar-refractivity contribution >= 4 is 59.9 Å². The third-order valence-corrected chi connectivity index (χ3v) is 4.34. The van der Waals surface area contributed by atoms with Crippen molar-refractivity contribution in [2.45, 2.75) is 0 Å². The third kappa shape index (κ3) is 2.36. The number of thiazole rings is 1. The first kappa shape index (κ1) is 12.0. The Morgan fingerprint density at radius 1 is 1.17 bits per heavy atom. The molecule has 1 aromatic heterocycles. The fourth-order valence-corrected chi connectivity index (χ4v) is 3.04. The van der Waals surface area contributed by atoms with Crippen LogP contribution in [0.1, 0.15) is 0 Å². The summed E-state index contributed by atoms with van der Waals surface area (Å²) in [7, 11) is 0. The van der Waals surface area contributed by atoms with Crippen LogP contribution in [0.5, 0.6) is 0 Å². The van der Waals surface area contributed by atoms with Crippen molar-refractivity contribution in [1.82, 2.24) is 4.98 Å². The summed E-state index contributed by atoms with van der Waals surface area (Å²) in [4.78, 5) is 4.51. The lowest BCUT2D eigenvalue weighted by molar-refractivity contribution is 1.43. The van der Waals surface area contributed by atoms with E-state index in [2.05, 4.69) is 26.2 Å². The molecule has 0 bridgehead atoms. The Bertz CT molecular complexity index is 711. The van der Waals surface area contributed by atoms with Gasteiger partial charge >= 0.3 is 0 Å². The Balaban J connectivity index is 1.98. The van der Waals surface area contributed by atoms with Crippen molar-refractivity contribution in [3.8, 4) is 0 Å². The van der Waals surface area contributed by atoms with E-state index in [1.165, 1.54) is 0 Å². The second kappa shape index (κ2) is 4.88. The zero-order valence-corrected chi connectivity index (χ0v) is 12.3. The van der Waals surface area contributed by atoms with Gasteiger partial charge in [0.05, 0.1) is 15.9 Å². The van der Waals surface area contributed by atoms with Crippen molar-refractivity contribution in [2.24, 2.45) is 0 Å². The van der Waals surface area contributed by atoms with Crippen LogP contribution in [0.25, 0.3) is 10.2 Å². The van der Waals surface area contributed by atoms with E-state index in [0.717, 1.165) is 25.5 Å². The van der Waals surface area contributed by atoms with E-state index in [9.17, 15) is 0 Å². The second-order valence-corrected chi connectivity index (χ2v) is 6.06. The molecule has 3 aromatic rings. The molecule has 18 heavy (non-hydrogen) atoms. The Morgan fingerprint density at radius 2 is 2.00 bits per heavy atom. The lowest BCUT2D eigenvalue weighted by Gasteiger charge is -2.03. The molecule has 0 aliphatic rings. The van der Waals surface area contributed by atoms with Gasteiger partial charge in [0.2, 0.25) is 0 Å². The highest BCUT2D eigenvalue weighted by molar-refractivity contribution is 9.10. The van der Waals surface area contributed by atoms with Gasteiger partial charge in [-0.05, 0) is 46.3 Å². The average Bonchev–Trinajstić information content (AvgIpc) is 2.73. The molecule has 0 aliphatic carbocycles. The molecule has 1 N–H and O–H groups in total. The summed E-state index contributed by atoms with van der Waals surface area (Å²) in [5, 5.41) is 4.87. The first-order valence-electron chi connectivity index (χ1n) is 5.30. The number of aromatic nitrogens is 1. The van der Waals surface area contributed by atoms with E-state index in [0.29, 0.717) is 5.02 Å². The number of hydrogen-bond donors (Lipinski definition) is 1. The molecule has 0 fully saturated rings. The van der Waals surface area contributed by atoms with E-state index in [-0.39, 0.29) is 0 Å². The Hall–Kier alpha value is -1.10. The van der Waals surface area contributed by atoms with Crippen molar-refractivity contribution in [3.05, 3.63) is 52.0 Å². The van der Waals surface area contributed by atoms with Gasteiger partial charge in [-0.1, -0.05) is 35.1 Å². The largest absolute Gasteiger partial charge is 0.331 e. The lowest BCUT2D eigenvalue weighted by Crippen LogP contribution is -1.89. The minimum Gasteiger partial charge on any atom is -0.331 e. The van der Waals surface area contributed by atoms with Crippen LogP contribution in [-0.2, 0) is 0 Å². The predicted molar refractivity (Wildman–Crippen MR) is 82.1 cm³/mol. The van der Waals surface area contributed by atoms with Crippen molar-refractivity contribution in [2.75, 3.05) is 5.32 Å². The summed E-state index contributed by atoms with van der Waals surface area (Å²) >= 11 is 11.1. The number of nitrogens with one attached hydrogen (secondary N) is 1. The fraction of sp³-hybridized carbons (Fsp3) is 0. The monoisotopic (exact) mass is 338 g/mol. The molecule has 0 unspecified atom stereocenters. The molecule has 90 valence electrons. The van der Waals surface area contributed by atoms with Crippen molar-refractivity contribution in [3.63, 3.8) is 0 Å². The number of benzene rings is 2. The van der Waals surface area contributed by atoms with Crippen molar-refractivity contribution < 1.29 is 0 Å². The Kier molecular flexibility index (Phi) is 3.24. The minimum atomic E-state index is 0.709. The Labute approximate surface area is 122 Å². The van der Waals surface area contributed by atoms with Gasteiger partial charge < -0.3 is 5.32 Å². The van der Waals surface area contributed by atoms with Crippen LogP contribution in [-0.4, -0.2) is 4.98 Å². The topological polar surface area (TPSA) is 24.9 Å². The minimum absolute atomic E-state index is 0.709. The molecular formula is C13H8BrClN2S. The van der Waals surface area contributed by atoms with Gasteiger partial charge in [0, 0.05) is 9.50 Å². The van der Waals surface area contributed by atoms with Crippen LogP contribution in [0.4, 0.5) is 10.8 Å². The maximum atomic E-state index is 5.95. The highest BCUT2D eigenvalue weighted by Crippen LogP contribution is 2.32. The number of halogens is 2. The highest BCUT2D eigenvalue weighted by atomic mass is 79.9. The number of fused-ring (bicyclic) bond motifs is 1. The smallest absolute Gasteiger partial charge is 0.188 e. The van der Waals surface area contributed by atoms with E-state index in [1.807, 2.05) is 42.5 Å². The van der Waals surface area contributed by atoms with Crippen LogP contribution in [0, 0.1) is 0 Å². The molecule has 5 heteroatoms. The van der Waals surface area contributed by atoms with Gasteiger partial charge in [-0.3, -0.25) is 0 Å². The van der Waals surface area contributed by atoms with Crippen LogP contribution < -0.4 is 5.32 Å². The number of para-hydroxylation sites is 1. The number of rotatable bonds is 2.